The lowest BCUT2D eigenvalue weighted by molar-refractivity contribution is 0.533. The van der Waals surface area contributed by atoms with E-state index in [4.69, 9.17) is 0 Å². The monoisotopic (exact) mass is 243 g/mol. The first-order valence-electron chi connectivity index (χ1n) is 6.41. The Hall–Kier alpha value is -1.59. The van der Waals surface area contributed by atoms with Crippen LogP contribution >= 0.6 is 0 Å². The quantitative estimate of drug-likeness (QED) is 0.834. The van der Waals surface area contributed by atoms with Crippen LogP contribution < -0.4 is 10.6 Å². The number of hydrogen-bond acceptors (Lipinski definition) is 5. The van der Waals surface area contributed by atoms with Crippen molar-refractivity contribution < 1.29 is 0 Å². The Labute approximate surface area is 106 Å². The van der Waals surface area contributed by atoms with Gasteiger partial charge in [-0.2, -0.15) is 0 Å². The topological polar surface area (TPSA) is 62.7 Å². The largest absolute Gasteiger partial charge is 0.313 e. The molecule has 0 unspecified atom stereocenters. The van der Waals surface area contributed by atoms with Crippen molar-refractivity contribution >= 4 is 10.9 Å². The van der Waals surface area contributed by atoms with Crippen LogP contribution in [0.25, 0.3) is 10.9 Å². The van der Waals surface area contributed by atoms with E-state index in [1.807, 2.05) is 18.5 Å². The van der Waals surface area contributed by atoms with E-state index in [0.29, 0.717) is 6.04 Å². The van der Waals surface area contributed by atoms with E-state index < -0.39 is 0 Å². The summed E-state index contributed by atoms with van der Waals surface area (Å²) in [6, 6.07) is 2.55. The van der Waals surface area contributed by atoms with Gasteiger partial charge in [-0.1, -0.05) is 0 Å². The van der Waals surface area contributed by atoms with E-state index in [1.165, 1.54) is 12.8 Å². The second-order valence-electron chi connectivity index (χ2n) is 4.64. The van der Waals surface area contributed by atoms with Crippen LogP contribution in [0.3, 0.4) is 0 Å². The zero-order valence-electron chi connectivity index (χ0n) is 10.3. The standard InChI is InChI=1S/C13H17N5/c1-2-11(16-4-1)7-14-8-12-13-10(3-5-17-12)6-15-9-18-13/h3,5-6,9,11,14,16H,1-2,4,7-8H2/t11-/m0/s1. The van der Waals surface area contributed by atoms with Crippen LogP contribution in [0.2, 0.25) is 0 Å². The van der Waals surface area contributed by atoms with E-state index in [0.717, 1.165) is 36.2 Å². The van der Waals surface area contributed by atoms with Crippen molar-refractivity contribution in [3.63, 3.8) is 0 Å². The van der Waals surface area contributed by atoms with E-state index in [-0.39, 0.29) is 0 Å². The molecular weight excluding hydrogens is 226 g/mol. The number of aromatic nitrogens is 3. The van der Waals surface area contributed by atoms with Gasteiger partial charge in [0.15, 0.2) is 0 Å². The molecule has 0 aliphatic carbocycles. The Bertz CT molecular complexity index is 516. The molecule has 0 bridgehead atoms. The van der Waals surface area contributed by atoms with Crippen LogP contribution in [0.4, 0.5) is 0 Å². The Morgan fingerprint density at radius 2 is 2.39 bits per heavy atom. The summed E-state index contributed by atoms with van der Waals surface area (Å²) < 4.78 is 0. The normalized spacial score (nSPS) is 19.4. The van der Waals surface area contributed by atoms with E-state index >= 15 is 0 Å². The molecule has 2 aromatic heterocycles. The number of nitrogens with one attached hydrogen (secondary N) is 2. The van der Waals surface area contributed by atoms with Crippen molar-refractivity contribution in [1.82, 2.24) is 25.6 Å². The molecule has 2 aromatic rings. The SMILES string of the molecule is c1cc2cncnc2c(CNC[C@@H]2CCCN2)n1. The number of hydrogen-bond donors (Lipinski definition) is 2. The molecule has 3 rings (SSSR count). The zero-order valence-corrected chi connectivity index (χ0v) is 10.3. The highest BCUT2D eigenvalue weighted by atomic mass is 15.0. The first kappa shape index (κ1) is 11.5. The fraction of sp³-hybridized carbons (Fsp3) is 0.462. The van der Waals surface area contributed by atoms with Gasteiger partial charge < -0.3 is 10.6 Å². The highest BCUT2D eigenvalue weighted by Gasteiger charge is 2.13. The van der Waals surface area contributed by atoms with Crippen molar-refractivity contribution in [3.05, 3.63) is 30.5 Å². The van der Waals surface area contributed by atoms with Crippen LogP contribution in [-0.2, 0) is 6.54 Å². The summed E-state index contributed by atoms with van der Waals surface area (Å²) in [6.45, 7) is 2.89. The maximum absolute atomic E-state index is 4.40. The summed E-state index contributed by atoms with van der Waals surface area (Å²) in [4.78, 5) is 12.7. The maximum Gasteiger partial charge on any atom is 0.116 e. The molecule has 18 heavy (non-hydrogen) atoms. The molecule has 2 N–H and O–H groups in total. The summed E-state index contributed by atoms with van der Waals surface area (Å²) in [6.07, 6.45) is 7.76. The van der Waals surface area contributed by atoms with E-state index in [1.54, 1.807) is 6.33 Å². The maximum atomic E-state index is 4.40. The first-order chi connectivity index (χ1) is 8.93. The van der Waals surface area contributed by atoms with Crippen molar-refractivity contribution in [3.8, 4) is 0 Å². The molecule has 5 nitrogen and oxygen atoms in total. The van der Waals surface area contributed by atoms with Gasteiger partial charge in [0.05, 0.1) is 11.2 Å². The molecule has 0 saturated carbocycles. The molecule has 1 aliphatic heterocycles. The van der Waals surface area contributed by atoms with Gasteiger partial charge in [0.2, 0.25) is 0 Å². The van der Waals surface area contributed by atoms with E-state index in [9.17, 15) is 0 Å². The highest BCUT2D eigenvalue weighted by Crippen LogP contribution is 2.12. The highest BCUT2D eigenvalue weighted by molar-refractivity contribution is 5.78. The summed E-state index contributed by atoms with van der Waals surface area (Å²) in [5, 5.41) is 7.97. The van der Waals surface area contributed by atoms with Gasteiger partial charge >= 0.3 is 0 Å². The molecule has 0 amide bonds. The number of fused-ring (bicyclic) bond motifs is 1. The predicted molar refractivity (Wildman–Crippen MR) is 70.1 cm³/mol. The van der Waals surface area contributed by atoms with Gasteiger partial charge in [-0.15, -0.1) is 0 Å². The minimum atomic E-state index is 0.606. The average Bonchev–Trinajstić information content (AvgIpc) is 2.92. The smallest absolute Gasteiger partial charge is 0.116 e. The van der Waals surface area contributed by atoms with E-state index in [2.05, 4.69) is 25.6 Å². The molecule has 1 fully saturated rings. The predicted octanol–water partition coefficient (Wildman–Crippen LogP) is 0.866. The summed E-state index contributed by atoms with van der Waals surface area (Å²) in [5.41, 5.74) is 1.94. The molecular formula is C13H17N5. The van der Waals surface area contributed by atoms with Gasteiger partial charge in [0.1, 0.15) is 6.33 Å². The number of pyridine rings is 1. The summed E-state index contributed by atoms with van der Waals surface area (Å²) in [7, 11) is 0. The molecule has 1 atom stereocenters. The Balaban J connectivity index is 1.66. The minimum absolute atomic E-state index is 0.606. The van der Waals surface area contributed by atoms with Gasteiger partial charge in [0.25, 0.3) is 0 Å². The van der Waals surface area contributed by atoms with Crippen molar-refractivity contribution in [2.45, 2.75) is 25.4 Å². The molecule has 1 saturated heterocycles. The van der Waals surface area contributed by atoms with Crippen molar-refractivity contribution in [2.24, 2.45) is 0 Å². The number of rotatable bonds is 4. The zero-order chi connectivity index (χ0) is 12.2. The number of nitrogens with zero attached hydrogens (tertiary/aromatic N) is 3. The van der Waals surface area contributed by atoms with Gasteiger partial charge in [0, 0.05) is 36.9 Å². The Morgan fingerprint density at radius 3 is 3.28 bits per heavy atom. The first-order valence-corrected chi connectivity index (χ1v) is 6.41. The van der Waals surface area contributed by atoms with Crippen LogP contribution in [0.5, 0.6) is 0 Å². The molecule has 1 aliphatic rings. The van der Waals surface area contributed by atoms with Gasteiger partial charge in [-0.3, -0.25) is 4.98 Å². The third-order valence-corrected chi connectivity index (χ3v) is 3.34. The van der Waals surface area contributed by atoms with Crippen LogP contribution in [0, 0.1) is 0 Å². The van der Waals surface area contributed by atoms with Crippen molar-refractivity contribution in [1.29, 1.82) is 0 Å². The van der Waals surface area contributed by atoms with Crippen molar-refractivity contribution in [2.75, 3.05) is 13.1 Å². The third-order valence-electron chi connectivity index (χ3n) is 3.34. The average molecular weight is 243 g/mol. The third kappa shape index (κ3) is 2.47. The van der Waals surface area contributed by atoms with Gasteiger partial charge in [-0.05, 0) is 25.5 Å². The molecule has 94 valence electrons. The summed E-state index contributed by atoms with van der Waals surface area (Å²) >= 11 is 0. The lowest BCUT2D eigenvalue weighted by atomic mass is 10.2. The Kier molecular flexibility index (Phi) is 3.43. The molecule has 5 heteroatoms. The van der Waals surface area contributed by atoms with Crippen LogP contribution in [0.15, 0.2) is 24.8 Å². The lowest BCUT2D eigenvalue weighted by Crippen LogP contribution is -2.33. The summed E-state index contributed by atoms with van der Waals surface area (Å²) in [5.74, 6) is 0. The second-order valence-corrected chi connectivity index (χ2v) is 4.64. The fourth-order valence-electron chi connectivity index (χ4n) is 2.40. The van der Waals surface area contributed by atoms with Crippen LogP contribution in [0.1, 0.15) is 18.5 Å². The molecule has 0 spiro atoms. The lowest BCUT2D eigenvalue weighted by Gasteiger charge is -2.11. The second kappa shape index (κ2) is 5.37. The molecule has 0 radical (unpaired) electrons. The van der Waals surface area contributed by atoms with Crippen LogP contribution in [-0.4, -0.2) is 34.1 Å². The Morgan fingerprint density at radius 1 is 1.39 bits per heavy atom. The molecule has 0 aromatic carbocycles. The molecule has 3 heterocycles. The van der Waals surface area contributed by atoms with Gasteiger partial charge in [-0.25, -0.2) is 9.97 Å². The fourth-order valence-corrected chi connectivity index (χ4v) is 2.40. The minimum Gasteiger partial charge on any atom is -0.313 e.